The normalized spacial score (nSPS) is 15.8. The molecule has 3 aliphatic heterocycles. The molecule has 0 amide bonds. The van der Waals surface area contributed by atoms with E-state index in [1.807, 2.05) is 60.7 Å². The van der Waals surface area contributed by atoms with Gasteiger partial charge in [-0.25, -0.2) is 14.8 Å². The molecule has 0 saturated heterocycles. The van der Waals surface area contributed by atoms with Gasteiger partial charge >= 0.3 is 16.0 Å². The Bertz CT molecular complexity index is 3490. The van der Waals surface area contributed by atoms with Crippen LogP contribution in [0.25, 0.3) is 93.0 Å². The summed E-state index contributed by atoms with van der Waals surface area (Å²) < 4.78 is 43.9. The Labute approximate surface area is 266 Å². The third kappa shape index (κ3) is 2.33. The van der Waals surface area contributed by atoms with E-state index >= 15 is 0 Å². The second-order valence-electron chi connectivity index (χ2n) is 12.9. The van der Waals surface area contributed by atoms with Crippen LogP contribution in [0.1, 0.15) is 15.9 Å². The first-order valence-corrected chi connectivity index (χ1v) is 16.8. The fourth-order valence-corrected chi connectivity index (χ4v) is 10.1. The summed E-state index contributed by atoms with van der Waals surface area (Å²) in [6.07, 6.45) is 0. The van der Waals surface area contributed by atoms with E-state index in [9.17, 15) is 18.0 Å². The Morgan fingerprint density at radius 2 is 1.56 bits per heavy atom. The highest BCUT2D eigenvalue weighted by molar-refractivity contribution is 7.87. The molecular formula is C37H15N4O6S+. The number of aromatic nitrogens is 4. The number of pyridine rings is 1. The molecule has 0 bridgehead atoms. The molecule has 11 heteroatoms. The van der Waals surface area contributed by atoms with Crippen molar-refractivity contribution in [2.24, 2.45) is 0 Å². The van der Waals surface area contributed by atoms with Gasteiger partial charge < -0.3 is 8.92 Å². The number of imidazole rings is 2. The number of benzene rings is 7. The summed E-state index contributed by atoms with van der Waals surface area (Å²) in [7, 11) is -4.35. The average Bonchev–Trinajstić information content (AvgIpc) is 3.68. The SMILES string of the molecule is O=C1c2cc3c4c5c(cc6c7c(cc8c(c9c(cc(c2c49)-c2[nH]c4ccccc4[n+]21)S(=O)(=O)O8)c57)c(=O)n1c2ccccc2nc61)OC3. The lowest BCUT2D eigenvalue weighted by Gasteiger charge is -2.30. The van der Waals surface area contributed by atoms with Gasteiger partial charge in [-0.3, -0.25) is 9.20 Å². The monoisotopic (exact) mass is 643 g/mol. The van der Waals surface area contributed by atoms with Gasteiger partial charge in [-0.1, -0.05) is 24.3 Å². The topological polar surface area (TPSA) is 124 Å². The minimum absolute atomic E-state index is 0.0187. The van der Waals surface area contributed by atoms with E-state index in [-0.39, 0.29) is 28.7 Å². The Morgan fingerprint density at radius 3 is 2.48 bits per heavy atom. The van der Waals surface area contributed by atoms with Gasteiger partial charge in [0, 0.05) is 48.5 Å². The standard InChI is InChI=1S/C37H14N4O6S/c42-36-17-9-14-13-46-23-10-15-27-18(37(43)40-21-7-3-1-5-19(21)38-34(15)40)11-24-30-31-25(48(44,45)47-24)12-16(28(17)32(31)26(14)29(23)33(27)30)35-39-20-6-2-4-8-22(20)41(35)36/h1-12H,13H2/p+1. The van der Waals surface area contributed by atoms with Gasteiger partial charge in [-0.2, -0.15) is 13.0 Å². The van der Waals surface area contributed by atoms with E-state index in [4.69, 9.17) is 13.9 Å². The molecule has 0 radical (unpaired) electrons. The molecule has 1 N–H and O–H groups in total. The second kappa shape index (κ2) is 7.14. The van der Waals surface area contributed by atoms with Crippen LogP contribution >= 0.6 is 0 Å². The van der Waals surface area contributed by atoms with Gasteiger partial charge in [0.15, 0.2) is 16.8 Å². The van der Waals surface area contributed by atoms with E-state index in [0.717, 1.165) is 27.2 Å². The first-order chi connectivity index (χ1) is 23.4. The van der Waals surface area contributed by atoms with E-state index < -0.39 is 10.1 Å². The predicted molar refractivity (Wildman–Crippen MR) is 178 cm³/mol. The number of aromatic amines is 1. The van der Waals surface area contributed by atoms with Crippen molar-refractivity contribution in [3.63, 3.8) is 0 Å². The van der Waals surface area contributed by atoms with E-state index in [0.29, 0.717) is 82.6 Å². The van der Waals surface area contributed by atoms with Gasteiger partial charge in [0.25, 0.3) is 11.4 Å². The third-order valence-electron chi connectivity index (χ3n) is 10.7. The number of carbonyl (C=O) groups excluding carboxylic acids is 1. The predicted octanol–water partition coefficient (Wildman–Crippen LogP) is 5.90. The molecule has 0 atom stereocenters. The van der Waals surface area contributed by atoms with Crippen LogP contribution in [0.2, 0.25) is 0 Å². The van der Waals surface area contributed by atoms with Crippen molar-refractivity contribution >= 4 is 97.6 Å². The average molecular weight is 644 g/mol. The van der Waals surface area contributed by atoms with Gasteiger partial charge in [0.1, 0.15) is 22.9 Å². The van der Waals surface area contributed by atoms with Crippen LogP contribution in [0.3, 0.4) is 0 Å². The summed E-state index contributed by atoms with van der Waals surface area (Å²) in [6.45, 7) is 0.175. The fraction of sp³-hybridized carbons (Fsp3) is 0.0270. The molecule has 224 valence electrons. The highest BCUT2D eigenvalue weighted by Crippen LogP contribution is 2.57. The maximum Gasteiger partial charge on any atom is 0.347 e. The lowest BCUT2D eigenvalue weighted by Crippen LogP contribution is -2.46. The highest BCUT2D eigenvalue weighted by Gasteiger charge is 2.42. The summed E-state index contributed by atoms with van der Waals surface area (Å²) in [5.74, 6) is 0.970. The summed E-state index contributed by atoms with van der Waals surface area (Å²) in [5.41, 5.74) is 4.79. The van der Waals surface area contributed by atoms with Gasteiger partial charge in [0.05, 0.1) is 27.5 Å². The molecule has 13 rings (SSSR count). The zero-order chi connectivity index (χ0) is 31.5. The van der Waals surface area contributed by atoms with Crippen molar-refractivity contribution in [2.45, 2.75) is 11.5 Å². The number of para-hydroxylation sites is 4. The Hall–Kier alpha value is -6.33. The van der Waals surface area contributed by atoms with Crippen LogP contribution in [0.5, 0.6) is 11.5 Å². The number of rotatable bonds is 0. The summed E-state index contributed by atoms with van der Waals surface area (Å²) in [4.78, 5) is 37.0. The molecular weight excluding hydrogens is 628 g/mol. The van der Waals surface area contributed by atoms with Crippen LogP contribution in [0.4, 0.5) is 0 Å². The van der Waals surface area contributed by atoms with Crippen LogP contribution in [-0.2, 0) is 16.7 Å². The van der Waals surface area contributed by atoms with E-state index in [2.05, 4.69) is 4.98 Å². The van der Waals surface area contributed by atoms with Crippen molar-refractivity contribution in [3.8, 4) is 22.9 Å². The highest BCUT2D eigenvalue weighted by atomic mass is 32.2. The Kier molecular flexibility index (Phi) is 3.56. The number of carbonyl (C=O) groups is 1. The number of H-pyrrole nitrogens is 1. The molecule has 0 spiro atoms. The minimum Gasteiger partial charge on any atom is -0.488 e. The zero-order valence-corrected chi connectivity index (χ0v) is 25.2. The van der Waals surface area contributed by atoms with E-state index in [1.165, 1.54) is 0 Å². The lowest BCUT2D eigenvalue weighted by atomic mass is 9.81. The molecule has 48 heavy (non-hydrogen) atoms. The molecule has 10 nitrogen and oxygen atoms in total. The Balaban J connectivity index is 1.36. The zero-order valence-electron chi connectivity index (χ0n) is 24.3. The van der Waals surface area contributed by atoms with Crippen molar-refractivity contribution in [1.82, 2.24) is 14.4 Å². The molecule has 6 heterocycles. The van der Waals surface area contributed by atoms with Crippen LogP contribution in [0, 0.1) is 0 Å². The first kappa shape index (κ1) is 23.9. The number of hydrogen-bond donors (Lipinski definition) is 1. The van der Waals surface area contributed by atoms with Crippen LogP contribution in [-0.4, -0.2) is 28.7 Å². The largest absolute Gasteiger partial charge is 0.488 e. The number of ether oxygens (including phenoxy) is 1. The van der Waals surface area contributed by atoms with E-state index in [1.54, 1.807) is 21.1 Å². The molecule has 0 saturated carbocycles. The molecule has 0 unspecified atom stereocenters. The number of nitrogens with one attached hydrogen (secondary N) is 1. The fourth-order valence-electron chi connectivity index (χ4n) is 8.92. The number of hydrogen-bond acceptors (Lipinski definition) is 7. The first-order valence-electron chi connectivity index (χ1n) is 15.4. The quantitative estimate of drug-likeness (QED) is 0.0945. The van der Waals surface area contributed by atoms with Crippen molar-refractivity contribution in [2.75, 3.05) is 0 Å². The molecule has 0 fully saturated rings. The molecule has 10 aromatic rings. The maximum atomic E-state index is 14.4. The second-order valence-corrected chi connectivity index (χ2v) is 14.4. The van der Waals surface area contributed by atoms with Crippen molar-refractivity contribution in [1.29, 1.82) is 0 Å². The van der Waals surface area contributed by atoms with Crippen molar-refractivity contribution in [3.05, 3.63) is 94.3 Å². The maximum absolute atomic E-state index is 14.4. The molecule has 3 aromatic heterocycles. The molecule has 7 aromatic carbocycles. The van der Waals surface area contributed by atoms with Crippen LogP contribution < -0.4 is 19.0 Å². The number of fused-ring (bicyclic) bond motifs is 8. The summed E-state index contributed by atoms with van der Waals surface area (Å²) in [6, 6.07) is 21.9. The third-order valence-corrected chi connectivity index (χ3v) is 11.9. The lowest BCUT2D eigenvalue weighted by molar-refractivity contribution is -0.530. The van der Waals surface area contributed by atoms with Gasteiger partial charge in [0.2, 0.25) is 0 Å². The summed E-state index contributed by atoms with van der Waals surface area (Å²) >= 11 is 0. The number of nitrogens with zero attached hydrogens (tertiary/aromatic N) is 3. The van der Waals surface area contributed by atoms with Gasteiger partial charge in [-0.15, -0.1) is 0 Å². The van der Waals surface area contributed by atoms with Gasteiger partial charge in [-0.05, 0) is 54.1 Å². The van der Waals surface area contributed by atoms with Crippen molar-refractivity contribution < 1.29 is 26.7 Å². The molecule has 0 aliphatic carbocycles. The smallest absolute Gasteiger partial charge is 0.347 e. The van der Waals surface area contributed by atoms with Crippen LogP contribution in [0.15, 0.2) is 82.5 Å². The summed E-state index contributed by atoms with van der Waals surface area (Å²) in [5, 5.41) is 6.41. The molecule has 3 aliphatic rings. The minimum atomic E-state index is -4.35. The Morgan fingerprint density at radius 1 is 0.771 bits per heavy atom.